The van der Waals surface area contributed by atoms with Crippen LogP contribution >= 0.6 is 11.6 Å². The molecule has 0 radical (unpaired) electrons. The van der Waals surface area contributed by atoms with E-state index in [9.17, 15) is 4.79 Å². The van der Waals surface area contributed by atoms with Crippen molar-refractivity contribution in [3.05, 3.63) is 29.0 Å². The Morgan fingerprint density at radius 1 is 1.43 bits per heavy atom. The molecule has 1 saturated heterocycles. The maximum absolute atomic E-state index is 12.5. The second kappa shape index (κ2) is 6.86. The Labute approximate surface area is 140 Å². The van der Waals surface area contributed by atoms with Crippen LogP contribution in [0, 0.1) is 0 Å². The first-order chi connectivity index (χ1) is 11.1. The molecule has 7 heteroatoms. The molecule has 0 bridgehead atoms. The summed E-state index contributed by atoms with van der Waals surface area (Å²) >= 11 is 5.98. The van der Waals surface area contributed by atoms with E-state index in [2.05, 4.69) is 27.7 Å². The second-order valence-corrected chi connectivity index (χ2v) is 6.54. The van der Waals surface area contributed by atoms with Crippen molar-refractivity contribution in [3.63, 3.8) is 0 Å². The van der Waals surface area contributed by atoms with E-state index >= 15 is 0 Å². The van der Waals surface area contributed by atoms with Gasteiger partial charge in [0.1, 0.15) is 11.9 Å². The Hall–Kier alpha value is -1.63. The number of aromatic nitrogens is 2. The van der Waals surface area contributed by atoms with Crippen molar-refractivity contribution in [2.24, 2.45) is 0 Å². The molecule has 23 heavy (non-hydrogen) atoms. The number of nitrogens with one attached hydrogen (secondary N) is 3. The van der Waals surface area contributed by atoms with Gasteiger partial charge in [0.15, 0.2) is 0 Å². The van der Waals surface area contributed by atoms with Gasteiger partial charge in [-0.25, -0.2) is 10.4 Å². The van der Waals surface area contributed by atoms with E-state index in [0.29, 0.717) is 17.6 Å². The van der Waals surface area contributed by atoms with Gasteiger partial charge in [0.2, 0.25) is 5.91 Å². The van der Waals surface area contributed by atoms with Crippen molar-refractivity contribution in [2.45, 2.75) is 44.8 Å². The normalized spacial score (nSPS) is 21.0. The van der Waals surface area contributed by atoms with Crippen LogP contribution in [0.1, 0.15) is 32.0 Å². The highest BCUT2D eigenvalue weighted by atomic mass is 35.5. The standard InChI is InChI=1S/C16H22ClN5O/c1-3-4-11-8-14(21-20-11)16(23)22(2)9-15-18-12-6-5-10(17)7-13(12)19-15/h5-7,11,14,20-21H,3-4,8-9H2,1-2H3,(H,18,19). The van der Waals surface area contributed by atoms with Gasteiger partial charge in [-0.1, -0.05) is 24.9 Å². The fourth-order valence-electron chi connectivity index (χ4n) is 3.00. The van der Waals surface area contributed by atoms with Crippen LogP contribution in [0.25, 0.3) is 11.0 Å². The summed E-state index contributed by atoms with van der Waals surface area (Å²) < 4.78 is 0. The Morgan fingerprint density at radius 2 is 2.26 bits per heavy atom. The largest absolute Gasteiger partial charge is 0.340 e. The molecule has 0 aliphatic carbocycles. The number of nitrogens with zero attached hydrogens (tertiary/aromatic N) is 2. The molecule has 0 spiro atoms. The first-order valence-corrected chi connectivity index (χ1v) is 8.34. The minimum Gasteiger partial charge on any atom is -0.340 e. The zero-order valence-corrected chi connectivity index (χ0v) is 14.2. The molecule has 2 unspecified atom stereocenters. The smallest absolute Gasteiger partial charge is 0.241 e. The van der Waals surface area contributed by atoms with Crippen molar-refractivity contribution in [2.75, 3.05) is 7.05 Å². The predicted octanol–water partition coefficient (Wildman–Crippen LogP) is 2.21. The van der Waals surface area contributed by atoms with Gasteiger partial charge in [-0.3, -0.25) is 10.2 Å². The molecule has 1 aromatic heterocycles. The number of imidazole rings is 1. The van der Waals surface area contributed by atoms with Crippen LogP contribution in [-0.2, 0) is 11.3 Å². The van der Waals surface area contributed by atoms with Crippen molar-refractivity contribution in [3.8, 4) is 0 Å². The van der Waals surface area contributed by atoms with Crippen LogP contribution < -0.4 is 10.9 Å². The van der Waals surface area contributed by atoms with Gasteiger partial charge in [-0.2, -0.15) is 0 Å². The monoisotopic (exact) mass is 335 g/mol. The van der Waals surface area contributed by atoms with Crippen LogP contribution in [0.4, 0.5) is 0 Å². The molecular formula is C16H22ClN5O. The molecule has 2 aromatic rings. The highest BCUT2D eigenvalue weighted by Crippen LogP contribution is 2.18. The zero-order chi connectivity index (χ0) is 16.4. The first kappa shape index (κ1) is 16.2. The van der Waals surface area contributed by atoms with E-state index in [1.165, 1.54) is 0 Å². The Kier molecular flexibility index (Phi) is 4.84. The van der Waals surface area contributed by atoms with Gasteiger partial charge in [0.05, 0.1) is 17.6 Å². The Morgan fingerprint density at radius 3 is 3.04 bits per heavy atom. The number of hydrogen-bond donors (Lipinski definition) is 3. The second-order valence-electron chi connectivity index (χ2n) is 6.10. The van der Waals surface area contributed by atoms with Crippen LogP contribution in [0.2, 0.25) is 5.02 Å². The molecule has 1 aliphatic heterocycles. The SMILES string of the molecule is CCCC1CC(C(=O)N(C)Cc2nc3ccc(Cl)cc3[nH]2)NN1. The molecule has 0 saturated carbocycles. The Bertz CT molecular complexity index is 701. The molecule has 1 aromatic carbocycles. The number of hydrogen-bond acceptors (Lipinski definition) is 4. The van der Waals surface area contributed by atoms with Crippen molar-refractivity contribution in [1.82, 2.24) is 25.7 Å². The number of amides is 1. The third-order valence-electron chi connectivity index (χ3n) is 4.17. The first-order valence-electron chi connectivity index (χ1n) is 7.97. The molecule has 6 nitrogen and oxygen atoms in total. The molecule has 1 amide bonds. The molecular weight excluding hydrogens is 314 g/mol. The van der Waals surface area contributed by atoms with E-state index < -0.39 is 0 Å². The topological polar surface area (TPSA) is 73.0 Å². The Balaban J connectivity index is 1.63. The lowest BCUT2D eigenvalue weighted by Gasteiger charge is -2.19. The number of halogens is 1. The molecule has 1 fully saturated rings. The summed E-state index contributed by atoms with van der Waals surface area (Å²) in [5.41, 5.74) is 8.04. The van der Waals surface area contributed by atoms with E-state index in [1.807, 2.05) is 18.2 Å². The lowest BCUT2D eigenvalue weighted by atomic mass is 10.1. The number of hydrazine groups is 1. The van der Waals surface area contributed by atoms with Crippen LogP contribution in [0.5, 0.6) is 0 Å². The maximum Gasteiger partial charge on any atom is 0.241 e. The quantitative estimate of drug-likeness (QED) is 0.783. The number of H-pyrrole nitrogens is 1. The van der Waals surface area contributed by atoms with E-state index in [0.717, 1.165) is 36.1 Å². The fourth-order valence-corrected chi connectivity index (χ4v) is 3.17. The minimum atomic E-state index is -0.171. The lowest BCUT2D eigenvalue weighted by Crippen LogP contribution is -2.44. The van der Waals surface area contributed by atoms with E-state index in [1.54, 1.807) is 11.9 Å². The van der Waals surface area contributed by atoms with Crippen molar-refractivity contribution in [1.29, 1.82) is 0 Å². The number of fused-ring (bicyclic) bond motifs is 1. The molecule has 3 N–H and O–H groups in total. The van der Waals surface area contributed by atoms with E-state index in [-0.39, 0.29) is 11.9 Å². The molecule has 3 rings (SSSR count). The highest BCUT2D eigenvalue weighted by molar-refractivity contribution is 6.31. The van der Waals surface area contributed by atoms with E-state index in [4.69, 9.17) is 11.6 Å². The average molecular weight is 336 g/mol. The number of aromatic amines is 1. The number of rotatable bonds is 5. The molecule has 1 aliphatic rings. The number of likely N-dealkylation sites (N-methyl/N-ethyl adjacent to an activating group) is 1. The summed E-state index contributed by atoms with van der Waals surface area (Å²) in [4.78, 5) is 22.0. The average Bonchev–Trinajstić information content (AvgIpc) is 3.12. The van der Waals surface area contributed by atoms with Gasteiger partial charge >= 0.3 is 0 Å². The van der Waals surface area contributed by atoms with Gasteiger partial charge < -0.3 is 9.88 Å². The molecule has 124 valence electrons. The van der Waals surface area contributed by atoms with Gasteiger partial charge in [-0.15, -0.1) is 0 Å². The van der Waals surface area contributed by atoms with Crippen LogP contribution in [0.3, 0.4) is 0 Å². The predicted molar refractivity (Wildman–Crippen MR) is 91.0 cm³/mol. The summed E-state index contributed by atoms with van der Waals surface area (Å²) in [5.74, 6) is 0.837. The summed E-state index contributed by atoms with van der Waals surface area (Å²) in [6.07, 6.45) is 3.01. The van der Waals surface area contributed by atoms with Gasteiger partial charge in [-0.05, 0) is 31.0 Å². The summed E-state index contributed by atoms with van der Waals surface area (Å²) in [5, 5.41) is 0.667. The molecule has 2 heterocycles. The fraction of sp³-hybridized carbons (Fsp3) is 0.500. The molecule has 2 atom stereocenters. The number of carbonyl (C=O) groups is 1. The minimum absolute atomic E-state index is 0.0783. The summed E-state index contributed by atoms with van der Waals surface area (Å²) in [6.45, 7) is 2.60. The lowest BCUT2D eigenvalue weighted by molar-refractivity contribution is -0.132. The number of carbonyl (C=O) groups excluding carboxylic acids is 1. The van der Waals surface area contributed by atoms with Gasteiger partial charge in [0, 0.05) is 18.1 Å². The zero-order valence-electron chi connectivity index (χ0n) is 13.4. The maximum atomic E-state index is 12.5. The van der Waals surface area contributed by atoms with Crippen molar-refractivity contribution >= 4 is 28.5 Å². The third-order valence-corrected chi connectivity index (χ3v) is 4.41. The highest BCUT2D eigenvalue weighted by Gasteiger charge is 2.30. The van der Waals surface area contributed by atoms with Crippen LogP contribution in [0.15, 0.2) is 18.2 Å². The third kappa shape index (κ3) is 3.65. The summed E-state index contributed by atoms with van der Waals surface area (Å²) in [7, 11) is 1.80. The summed E-state index contributed by atoms with van der Waals surface area (Å²) in [6, 6.07) is 5.72. The van der Waals surface area contributed by atoms with Crippen LogP contribution in [-0.4, -0.2) is 39.9 Å². The number of benzene rings is 1. The van der Waals surface area contributed by atoms with Gasteiger partial charge in [0.25, 0.3) is 0 Å². The van der Waals surface area contributed by atoms with Crippen molar-refractivity contribution < 1.29 is 4.79 Å².